The highest BCUT2D eigenvalue weighted by Gasteiger charge is 2.49. The van der Waals surface area contributed by atoms with Crippen molar-refractivity contribution in [3.8, 4) is 11.5 Å². The highest BCUT2D eigenvalue weighted by Crippen LogP contribution is 2.48. The third-order valence-electron chi connectivity index (χ3n) is 6.85. The van der Waals surface area contributed by atoms with E-state index in [1.54, 1.807) is 51.5 Å². The summed E-state index contributed by atoms with van der Waals surface area (Å²) < 4.78 is 20.8. The molecule has 0 aromatic heterocycles. The zero-order valence-electron chi connectivity index (χ0n) is 20.9. The van der Waals surface area contributed by atoms with Crippen LogP contribution in [0, 0.1) is 5.92 Å². The number of allylic oxidation sites excluding steroid dienone is 3. The van der Waals surface area contributed by atoms with Gasteiger partial charge in [-0.1, -0.05) is 24.3 Å². The van der Waals surface area contributed by atoms with Crippen molar-refractivity contribution in [1.29, 1.82) is 0 Å². The molecule has 4 rings (SSSR count). The fourth-order valence-corrected chi connectivity index (χ4v) is 5.13. The highest BCUT2D eigenvalue weighted by atomic mass is 16.5. The predicted molar refractivity (Wildman–Crippen MR) is 131 cm³/mol. The number of rotatable bonds is 6. The van der Waals surface area contributed by atoms with Crippen LogP contribution in [0.1, 0.15) is 36.3 Å². The Hall–Kier alpha value is -4.07. The number of carbonyl (C=O) groups is 3. The Balaban J connectivity index is 1.90. The zero-order valence-corrected chi connectivity index (χ0v) is 20.9. The summed E-state index contributed by atoms with van der Waals surface area (Å²) in [5.41, 5.74) is 3.41. The monoisotopic (exact) mass is 491 g/mol. The quantitative estimate of drug-likeness (QED) is 0.483. The second-order valence-corrected chi connectivity index (χ2v) is 8.71. The molecule has 8 heteroatoms. The van der Waals surface area contributed by atoms with Crippen LogP contribution in [0.15, 0.2) is 71.1 Å². The summed E-state index contributed by atoms with van der Waals surface area (Å²) in [5.74, 6) is -2.58. The number of esters is 2. The minimum atomic E-state index is -1.07. The van der Waals surface area contributed by atoms with E-state index >= 15 is 0 Å². The third-order valence-corrected chi connectivity index (χ3v) is 6.85. The van der Waals surface area contributed by atoms with Gasteiger partial charge < -0.3 is 24.3 Å². The summed E-state index contributed by atoms with van der Waals surface area (Å²) in [7, 11) is 5.70. The van der Waals surface area contributed by atoms with Gasteiger partial charge in [0.05, 0.1) is 34.0 Å². The van der Waals surface area contributed by atoms with Crippen LogP contribution in [0.2, 0.25) is 0 Å². The second kappa shape index (κ2) is 10.3. The van der Waals surface area contributed by atoms with Crippen molar-refractivity contribution in [2.75, 3.05) is 28.4 Å². The molecule has 2 aromatic carbocycles. The molecule has 8 nitrogen and oxygen atoms in total. The first-order valence-electron chi connectivity index (χ1n) is 11.5. The summed E-state index contributed by atoms with van der Waals surface area (Å²) >= 11 is 0. The lowest BCUT2D eigenvalue weighted by molar-refractivity contribution is -0.150. The molecular formula is C28H29NO7. The molecule has 3 atom stereocenters. The molecule has 2 aliphatic rings. The van der Waals surface area contributed by atoms with Crippen molar-refractivity contribution in [3.05, 3.63) is 82.2 Å². The average molecular weight is 492 g/mol. The van der Waals surface area contributed by atoms with Gasteiger partial charge in [0, 0.05) is 28.8 Å². The Bertz CT molecular complexity index is 1260. The fraction of sp³-hybridized carbons (Fsp3) is 0.321. The third kappa shape index (κ3) is 4.34. The molecule has 0 radical (unpaired) electrons. The van der Waals surface area contributed by atoms with E-state index < -0.39 is 35.5 Å². The first kappa shape index (κ1) is 25.0. The lowest BCUT2D eigenvalue weighted by Crippen LogP contribution is -2.43. The molecule has 1 heterocycles. The van der Waals surface area contributed by atoms with E-state index in [-0.39, 0.29) is 0 Å². The number of hydrogen-bond donors (Lipinski definition) is 1. The van der Waals surface area contributed by atoms with Crippen molar-refractivity contribution in [3.63, 3.8) is 0 Å². The minimum Gasteiger partial charge on any atom is -0.497 e. The van der Waals surface area contributed by atoms with Crippen LogP contribution < -0.4 is 14.8 Å². The fourth-order valence-electron chi connectivity index (χ4n) is 5.13. The lowest BCUT2D eigenvalue weighted by atomic mass is 9.67. The number of ketones is 1. The highest BCUT2D eigenvalue weighted by molar-refractivity contribution is 6.13. The van der Waals surface area contributed by atoms with Crippen molar-refractivity contribution >= 4 is 17.7 Å². The number of ether oxygens (including phenoxy) is 4. The van der Waals surface area contributed by atoms with Crippen LogP contribution in [0.4, 0.5) is 0 Å². The maximum absolute atomic E-state index is 14.1. The first-order chi connectivity index (χ1) is 17.3. The Labute approximate surface area is 209 Å². The van der Waals surface area contributed by atoms with Gasteiger partial charge in [0.25, 0.3) is 0 Å². The summed E-state index contributed by atoms with van der Waals surface area (Å²) in [5, 5.41) is 3.27. The number of carbonyl (C=O) groups excluding carboxylic acids is 3. The standard InChI is InChI=1S/C28H29NO7/c1-15-22(27(31)35-4)23(17-7-6-8-19(13-17)34-3)25-21(29-15)14-20(24(26(25)30)28(32)36-5)16-9-11-18(33-2)12-10-16/h6-13,20,23-24,29H,14H2,1-5H3/t20-,23+,24+/m1/s1. The van der Waals surface area contributed by atoms with Crippen LogP contribution in [-0.4, -0.2) is 46.2 Å². The van der Waals surface area contributed by atoms with Gasteiger partial charge in [-0.25, -0.2) is 4.79 Å². The van der Waals surface area contributed by atoms with E-state index in [0.717, 1.165) is 5.56 Å². The number of Topliss-reactive ketones (excluding diaryl/α,β-unsaturated/α-hetero) is 1. The number of methoxy groups -OCH3 is 4. The molecule has 0 saturated heterocycles. The van der Waals surface area contributed by atoms with Gasteiger partial charge in [-0.05, 0) is 48.7 Å². The van der Waals surface area contributed by atoms with E-state index in [1.165, 1.54) is 14.2 Å². The molecule has 1 N–H and O–H groups in total. The summed E-state index contributed by atoms with van der Waals surface area (Å²) in [6, 6.07) is 14.5. The Kier molecular flexibility index (Phi) is 7.15. The number of dihydropyridines is 1. The average Bonchev–Trinajstić information content (AvgIpc) is 2.91. The predicted octanol–water partition coefficient (Wildman–Crippen LogP) is 3.64. The van der Waals surface area contributed by atoms with Crippen LogP contribution in [-0.2, 0) is 23.9 Å². The van der Waals surface area contributed by atoms with E-state index in [1.807, 2.05) is 18.2 Å². The van der Waals surface area contributed by atoms with Crippen molar-refractivity contribution in [2.24, 2.45) is 5.92 Å². The van der Waals surface area contributed by atoms with Crippen molar-refractivity contribution in [2.45, 2.75) is 25.2 Å². The van der Waals surface area contributed by atoms with Gasteiger partial charge in [-0.15, -0.1) is 0 Å². The molecular weight excluding hydrogens is 462 g/mol. The van der Waals surface area contributed by atoms with Crippen LogP contribution >= 0.6 is 0 Å². The van der Waals surface area contributed by atoms with Crippen LogP contribution in [0.3, 0.4) is 0 Å². The normalized spacial score (nSPS) is 21.4. The number of benzene rings is 2. The van der Waals surface area contributed by atoms with Gasteiger partial charge in [-0.2, -0.15) is 0 Å². The summed E-state index contributed by atoms with van der Waals surface area (Å²) in [6.45, 7) is 1.78. The minimum absolute atomic E-state index is 0.310. The smallest absolute Gasteiger partial charge is 0.336 e. The van der Waals surface area contributed by atoms with Gasteiger partial charge in [-0.3, -0.25) is 9.59 Å². The van der Waals surface area contributed by atoms with Gasteiger partial charge in [0.2, 0.25) is 0 Å². The largest absolute Gasteiger partial charge is 0.497 e. The molecule has 0 saturated carbocycles. The molecule has 188 valence electrons. The Morgan fingerprint density at radius 3 is 2.19 bits per heavy atom. The van der Waals surface area contributed by atoms with Crippen LogP contribution in [0.25, 0.3) is 0 Å². The topological polar surface area (TPSA) is 100 Å². The maximum atomic E-state index is 14.1. The molecule has 1 aliphatic heterocycles. The number of hydrogen-bond acceptors (Lipinski definition) is 8. The zero-order chi connectivity index (χ0) is 26.0. The van der Waals surface area contributed by atoms with Crippen molar-refractivity contribution in [1.82, 2.24) is 5.32 Å². The molecule has 0 unspecified atom stereocenters. The molecule has 0 fully saturated rings. The van der Waals surface area contributed by atoms with Gasteiger partial charge >= 0.3 is 11.9 Å². The lowest BCUT2D eigenvalue weighted by Gasteiger charge is -2.39. The summed E-state index contributed by atoms with van der Waals surface area (Å²) in [4.78, 5) is 40.1. The number of nitrogens with one attached hydrogen (secondary N) is 1. The van der Waals surface area contributed by atoms with E-state index in [4.69, 9.17) is 18.9 Å². The molecule has 2 aromatic rings. The Morgan fingerprint density at radius 1 is 0.889 bits per heavy atom. The van der Waals surface area contributed by atoms with Gasteiger partial charge in [0.15, 0.2) is 5.78 Å². The Morgan fingerprint density at radius 2 is 1.58 bits per heavy atom. The molecule has 36 heavy (non-hydrogen) atoms. The van der Waals surface area contributed by atoms with Crippen LogP contribution in [0.5, 0.6) is 11.5 Å². The second-order valence-electron chi connectivity index (χ2n) is 8.71. The maximum Gasteiger partial charge on any atom is 0.336 e. The molecule has 1 aliphatic carbocycles. The van der Waals surface area contributed by atoms with E-state index in [2.05, 4.69) is 5.32 Å². The SMILES string of the molecule is COC(=O)C1=C(C)NC2=C(C(=O)[C@@H](C(=O)OC)[C@@H](c3ccc(OC)cc3)C2)[C@H]1c1cccc(OC)c1. The first-order valence-corrected chi connectivity index (χ1v) is 11.5. The molecule has 0 bridgehead atoms. The summed E-state index contributed by atoms with van der Waals surface area (Å²) in [6.07, 6.45) is 0.374. The molecule has 0 spiro atoms. The van der Waals surface area contributed by atoms with E-state index in [0.29, 0.717) is 46.0 Å². The van der Waals surface area contributed by atoms with Gasteiger partial charge in [0.1, 0.15) is 17.4 Å². The van der Waals surface area contributed by atoms with E-state index in [9.17, 15) is 14.4 Å². The van der Waals surface area contributed by atoms with Crippen molar-refractivity contribution < 1.29 is 33.3 Å². The molecule has 0 amide bonds.